The van der Waals surface area contributed by atoms with Crippen LogP contribution in [0.3, 0.4) is 0 Å². The van der Waals surface area contributed by atoms with Crippen LogP contribution in [0.5, 0.6) is 0 Å². The van der Waals surface area contributed by atoms with E-state index < -0.39 is 11.2 Å². The zero-order valence-corrected chi connectivity index (χ0v) is 17.7. The summed E-state index contributed by atoms with van der Waals surface area (Å²) in [7, 11) is 0. The second-order valence-corrected chi connectivity index (χ2v) is 9.10. The lowest BCUT2D eigenvalue weighted by Crippen LogP contribution is -2.53. The molecule has 2 aromatic rings. The van der Waals surface area contributed by atoms with E-state index in [0.29, 0.717) is 49.0 Å². The van der Waals surface area contributed by atoms with E-state index in [0.717, 1.165) is 12.8 Å². The molecule has 0 N–H and O–H groups in total. The monoisotopic (exact) mass is 440 g/mol. The Labute approximate surface area is 184 Å². The number of imide groups is 1. The van der Waals surface area contributed by atoms with Crippen LogP contribution in [-0.4, -0.2) is 35.2 Å². The van der Waals surface area contributed by atoms with E-state index in [4.69, 9.17) is 11.6 Å². The summed E-state index contributed by atoms with van der Waals surface area (Å²) in [5, 5.41) is 0.227. The molecular formula is C24H22ClFN2O3. The molecule has 1 saturated carbocycles. The molecule has 0 atom stereocenters. The van der Waals surface area contributed by atoms with Crippen molar-refractivity contribution in [2.45, 2.75) is 44.6 Å². The van der Waals surface area contributed by atoms with Gasteiger partial charge < -0.3 is 4.90 Å². The highest BCUT2D eigenvalue weighted by atomic mass is 35.5. The van der Waals surface area contributed by atoms with Crippen molar-refractivity contribution >= 4 is 35.0 Å². The van der Waals surface area contributed by atoms with Crippen LogP contribution >= 0.6 is 11.6 Å². The first-order valence-corrected chi connectivity index (χ1v) is 11.0. The smallest absolute Gasteiger partial charge is 0.261 e. The molecule has 5 rings (SSSR count). The summed E-state index contributed by atoms with van der Waals surface area (Å²) in [6, 6.07) is 10.8. The normalized spacial score (nSPS) is 26.0. The minimum Gasteiger partial charge on any atom is -0.310 e. The van der Waals surface area contributed by atoms with Crippen LogP contribution in [0.2, 0.25) is 5.02 Å². The highest BCUT2D eigenvalue weighted by molar-refractivity contribution is 6.34. The number of nitrogens with zero attached hydrogens (tertiary/aromatic N) is 2. The van der Waals surface area contributed by atoms with Gasteiger partial charge in [0, 0.05) is 18.0 Å². The number of anilines is 1. The molecule has 1 spiro atoms. The second-order valence-electron chi connectivity index (χ2n) is 8.69. The summed E-state index contributed by atoms with van der Waals surface area (Å²) >= 11 is 6.23. The maximum absolute atomic E-state index is 13.5. The van der Waals surface area contributed by atoms with Crippen LogP contribution in [0.4, 0.5) is 10.1 Å². The number of hydrogen-bond acceptors (Lipinski definition) is 3. The number of carbonyl (C=O) groups excluding carboxylic acids is 3. The molecule has 2 heterocycles. The van der Waals surface area contributed by atoms with Crippen LogP contribution in [0.1, 0.15) is 59.2 Å². The zero-order chi connectivity index (χ0) is 21.8. The molecule has 1 saturated heterocycles. The summed E-state index contributed by atoms with van der Waals surface area (Å²) in [4.78, 5) is 42.2. The van der Waals surface area contributed by atoms with Crippen LogP contribution in [0, 0.1) is 11.2 Å². The minimum absolute atomic E-state index is 0.00747. The molecule has 3 amide bonds. The fraction of sp³-hybridized carbons (Fsp3) is 0.375. The van der Waals surface area contributed by atoms with Crippen molar-refractivity contribution in [3.05, 3.63) is 64.4 Å². The number of piperidine rings is 1. The number of benzene rings is 2. The van der Waals surface area contributed by atoms with Gasteiger partial charge in [0.15, 0.2) is 0 Å². The van der Waals surface area contributed by atoms with Gasteiger partial charge in [0.25, 0.3) is 11.8 Å². The van der Waals surface area contributed by atoms with E-state index in [1.807, 2.05) is 0 Å². The van der Waals surface area contributed by atoms with Gasteiger partial charge in [-0.3, -0.25) is 19.3 Å². The van der Waals surface area contributed by atoms with Gasteiger partial charge >= 0.3 is 0 Å². The molecule has 0 unspecified atom stereocenters. The average Bonchev–Trinajstić information content (AvgIpc) is 3.02. The summed E-state index contributed by atoms with van der Waals surface area (Å²) in [6.07, 6.45) is 4.02. The molecule has 0 aromatic heterocycles. The quantitative estimate of drug-likeness (QED) is 0.628. The van der Waals surface area contributed by atoms with Crippen LogP contribution in [0.25, 0.3) is 0 Å². The lowest BCUT2D eigenvalue weighted by atomic mass is 9.67. The Morgan fingerprint density at radius 2 is 1.58 bits per heavy atom. The van der Waals surface area contributed by atoms with Gasteiger partial charge in [-0.25, -0.2) is 4.39 Å². The van der Waals surface area contributed by atoms with Crippen LogP contribution < -0.4 is 4.90 Å². The molecule has 0 bridgehead atoms. The van der Waals surface area contributed by atoms with Gasteiger partial charge in [-0.2, -0.15) is 0 Å². The van der Waals surface area contributed by atoms with Crippen molar-refractivity contribution in [2.24, 2.45) is 5.41 Å². The van der Waals surface area contributed by atoms with E-state index in [1.54, 1.807) is 35.2 Å². The predicted molar refractivity (Wildman–Crippen MR) is 115 cm³/mol. The van der Waals surface area contributed by atoms with Gasteiger partial charge in [-0.15, -0.1) is 0 Å². The van der Waals surface area contributed by atoms with Crippen LogP contribution in [-0.2, 0) is 4.79 Å². The number of carbonyl (C=O) groups is 3. The predicted octanol–water partition coefficient (Wildman–Crippen LogP) is 4.83. The molecule has 2 fully saturated rings. The first-order chi connectivity index (χ1) is 14.9. The topological polar surface area (TPSA) is 57.7 Å². The first-order valence-electron chi connectivity index (χ1n) is 10.7. The number of fused-ring (bicyclic) bond motifs is 1. The fourth-order valence-electron chi connectivity index (χ4n) is 5.42. The van der Waals surface area contributed by atoms with Crippen LogP contribution in [0.15, 0.2) is 42.5 Å². The van der Waals surface area contributed by atoms with Crippen molar-refractivity contribution in [3.63, 3.8) is 0 Å². The average molecular weight is 441 g/mol. The van der Waals surface area contributed by atoms with Gasteiger partial charge in [0.2, 0.25) is 5.91 Å². The molecule has 2 aromatic carbocycles. The summed E-state index contributed by atoms with van der Waals surface area (Å²) in [6.45, 7) is 0.549. The minimum atomic E-state index is -0.523. The van der Waals surface area contributed by atoms with Gasteiger partial charge in [0.1, 0.15) is 5.82 Å². The Morgan fingerprint density at radius 3 is 2.19 bits per heavy atom. The molecule has 0 radical (unpaired) electrons. The third-order valence-electron chi connectivity index (χ3n) is 7.04. The third kappa shape index (κ3) is 3.16. The number of rotatable bonds is 2. The standard InChI is InChI=1S/C24H22ClFN2O3/c25-19-14-15(26)6-7-20(19)27-13-3-10-24(23(27)31)11-8-16(9-12-24)28-21(29)17-4-1-2-5-18(17)22(28)30/h1-2,4-7,14,16H,3,8-13H2. The van der Waals surface area contributed by atoms with Crippen molar-refractivity contribution < 1.29 is 18.8 Å². The Hall–Kier alpha value is -2.73. The number of halogens is 2. The number of hydrogen-bond donors (Lipinski definition) is 0. The van der Waals surface area contributed by atoms with Gasteiger partial charge in [-0.1, -0.05) is 23.7 Å². The highest BCUT2D eigenvalue weighted by Crippen LogP contribution is 2.47. The summed E-state index contributed by atoms with van der Waals surface area (Å²) in [5.41, 5.74) is 0.928. The van der Waals surface area contributed by atoms with E-state index in [-0.39, 0.29) is 28.8 Å². The van der Waals surface area contributed by atoms with Crippen molar-refractivity contribution in [2.75, 3.05) is 11.4 Å². The molecule has 1 aliphatic carbocycles. The van der Waals surface area contributed by atoms with Crippen molar-refractivity contribution in [3.8, 4) is 0 Å². The van der Waals surface area contributed by atoms with Gasteiger partial charge in [-0.05, 0) is 68.9 Å². The Morgan fingerprint density at radius 1 is 0.935 bits per heavy atom. The lowest BCUT2D eigenvalue weighted by Gasteiger charge is -2.46. The Balaban J connectivity index is 1.34. The van der Waals surface area contributed by atoms with E-state index in [9.17, 15) is 18.8 Å². The van der Waals surface area contributed by atoms with E-state index in [1.165, 1.54) is 17.0 Å². The maximum Gasteiger partial charge on any atom is 0.261 e. The van der Waals surface area contributed by atoms with Gasteiger partial charge in [0.05, 0.1) is 21.8 Å². The lowest BCUT2D eigenvalue weighted by molar-refractivity contribution is -0.133. The van der Waals surface area contributed by atoms with Crippen molar-refractivity contribution in [1.82, 2.24) is 4.90 Å². The zero-order valence-electron chi connectivity index (χ0n) is 16.9. The molecular weight excluding hydrogens is 419 g/mol. The SMILES string of the molecule is O=C1c2ccccc2C(=O)N1C1CCC2(CCCN(c3ccc(F)cc3Cl)C2=O)CC1. The Kier molecular flexibility index (Phi) is 4.85. The molecule has 7 heteroatoms. The third-order valence-corrected chi connectivity index (χ3v) is 7.34. The molecule has 5 nitrogen and oxygen atoms in total. The summed E-state index contributed by atoms with van der Waals surface area (Å²) < 4.78 is 13.5. The summed E-state index contributed by atoms with van der Waals surface area (Å²) in [5.74, 6) is -0.907. The molecule has 160 valence electrons. The van der Waals surface area contributed by atoms with Crippen molar-refractivity contribution in [1.29, 1.82) is 0 Å². The first kappa shape index (κ1) is 20.2. The molecule has 2 aliphatic heterocycles. The maximum atomic E-state index is 13.5. The highest BCUT2D eigenvalue weighted by Gasteiger charge is 2.49. The number of amides is 3. The second kappa shape index (κ2) is 7.45. The van der Waals surface area contributed by atoms with E-state index in [2.05, 4.69) is 0 Å². The fourth-order valence-corrected chi connectivity index (χ4v) is 5.69. The van der Waals surface area contributed by atoms with E-state index >= 15 is 0 Å². The largest absolute Gasteiger partial charge is 0.310 e. The molecule has 31 heavy (non-hydrogen) atoms. The molecule has 3 aliphatic rings. The Bertz CT molecular complexity index is 1060.